The lowest BCUT2D eigenvalue weighted by molar-refractivity contribution is -0.137. The number of carbonyl (C=O) groups excluding carboxylic acids is 1. The molecular weight excluding hydrogens is 411 g/mol. The number of halogens is 3. The molecule has 2 N–H and O–H groups in total. The quantitative estimate of drug-likeness (QED) is 0.743. The van der Waals surface area contributed by atoms with Crippen molar-refractivity contribution in [1.82, 2.24) is 15.3 Å². The fourth-order valence-corrected chi connectivity index (χ4v) is 4.02. The van der Waals surface area contributed by atoms with Crippen LogP contribution in [0.25, 0.3) is 11.3 Å². The van der Waals surface area contributed by atoms with E-state index in [0.29, 0.717) is 43.0 Å². The Morgan fingerprint density at radius 2 is 2.13 bits per heavy atom. The summed E-state index contributed by atoms with van der Waals surface area (Å²) in [6.07, 6.45) is -3.03. The molecule has 0 radical (unpaired) electrons. The van der Waals surface area contributed by atoms with Gasteiger partial charge in [0.2, 0.25) is 0 Å². The molecule has 10 heteroatoms. The summed E-state index contributed by atoms with van der Waals surface area (Å²) in [6, 6.07) is 3.90. The summed E-state index contributed by atoms with van der Waals surface area (Å²) < 4.78 is 46.6. The second-order valence-electron chi connectivity index (χ2n) is 7.83. The number of alkyl halides is 3. The number of fused-ring (bicyclic) bond motifs is 1. The Morgan fingerprint density at radius 1 is 1.32 bits per heavy atom. The number of ether oxygens (including phenoxy) is 1. The third kappa shape index (κ3) is 4.43. The molecular formula is C21H24F3N5O2. The first-order valence-electron chi connectivity index (χ1n) is 10.3. The largest absolute Gasteiger partial charge is 0.441 e. The second kappa shape index (κ2) is 8.33. The standard InChI is InChI=1S/C21H24F3N5O2/c1-3-4-16-18-14(5-6-26-19(18)28-20(30)31-16)15-9-13(21(22,23)24)10-17(27-15)29-8-7-25-12(2)11-29/h5-6,9-10,12,16,25H,3-4,7-8,11H2,1-2H3,(H,26,28,30)/t12-,16+/m0/s1. The average Bonchev–Trinajstić information content (AvgIpc) is 2.72. The average molecular weight is 435 g/mol. The minimum absolute atomic E-state index is 0.139. The maximum atomic E-state index is 13.7. The number of amides is 1. The topological polar surface area (TPSA) is 79.4 Å². The lowest BCUT2D eigenvalue weighted by Gasteiger charge is -2.33. The van der Waals surface area contributed by atoms with Gasteiger partial charge in [-0.05, 0) is 31.5 Å². The Hall–Kier alpha value is -2.88. The molecule has 0 bridgehead atoms. The molecule has 31 heavy (non-hydrogen) atoms. The van der Waals surface area contributed by atoms with Crippen molar-refractivity contribution in [3.63, 3.8) is 0 Å². The monoisotopic (exact) mass is 435 g/mol. The lowest BCUT2D eigenvalue weighted by atomic mass is 9.96. The van der Waals surface area contributed by atoms with Gasteiger partial charge in [0.15, 0.2) is 0 Å². The zero-order chi connectivity index (χ0) is 22.2. The van der Waals surface area contributed by atoms with Gasteiger partial charge in [-0.25, -0.2) is 14.8 Å². The van der Waals surface area contributed by atoms with Gasteiger partial charge in [-0.15, -0.1) is 0 Å². The summed E-state index contributed by atoms with van der Waals surface area (Å²) in [6.45, 7) is 5.70. The SMILES string of the molecule is CCC[C@H]1OC(=O)Nc2nccc(-c3cc(C(F)(F)F)cc(N4CCN[C@@H](C)C4)n3)c21. The van der Waals surface area contributed by atoms with Gasteiger partial charge < -0.3 is 15.0 Å². The van der Waals surface area contributed by atoms with Crippen LogP contribution in [0.4, 0.5) is 29.6 Å². The van der Waals surface area contributed by atoms with Crippen LogP contribution in [0.2, 0.25) is 0 Å². The number of nitrogens with one attached hydrogen (secondary N) is 2. The van der Waals surface area contributed by atoms with E-state index in [1.165, 1.54) is 6.20 Å². The third-order valence-corrected chi connectivity index (χ3v) is 5.44. The highest BCUT2D eigenvalue weighted by molar-refractivity contribution is 5.89. The summed E-state index contributed by atoms with van der Waals surface area (Å²) in [5.41, 5.74) is 0.432. The highest BCUT2D eigenvalue weighted by Crippen LogP contribution is 2.41. The molecule has 2 aromatic heterocycles. The van der Waals surface area contributed by atoms with E-state index >= 15 is 0 Å². The minimum Gasteiger partial charge on any atom is -0.441 e. The Morgan fingerprint density at radius 3 is 2.84 bits per heavy atom. The number of piperazine rings is 1. The summed E-state index contributed by atoms with van der Waals surface area (Å²) in [5.74, 6) is 0.570. The fourth-order valence-electron chi connectivity index (χ4n) is 4.02. The first-order chi connectivity index (χ1) is 14.8. The summed E-state index contributed by atoms with van der Waals surface area (Å²) >= 11 is 0. The number of cyclic esters (lactones) is 1. The minimum atomic E-state index is -4.52. The number of carbonyl (C=O) groups is 1. The molecule has 0 aromatic carbocycles. The second-order valence-corrected chi connectivity index (χ2v) is 7.83. The van der Waals surface area contributed by atoms with Crippen LogP contribution in [0.15, 0.2) is 24.4 Å². The predicted octanol–water partition coefficient (Wildman–Crippen LogP) is 4.36. The number of hydrogen-bond donors (Lipinski definition) is 2. The van der Waals surface area contributed by atoms with Gasteiger partial charge in [0.1, 0.15) is 17.7 Å². The molecule has 1 fully saturated rings. The maximum Gasteiger partial charge on any atom is 0.416 e. The van der Waals surface area contributed by atoms with E-state index < -0.39 is 23.9 Å². The van der Waals surface area contributed by atoms with Crippen LogP contribution in [0.5, 0.6) is 0 Å². The van der Waals surface area contributed by atoms with Gasteiger partial charge in [-0.3, -0.25) is 5.32 Å². The molecule has 1 amide bonds. The van der Waals surface area contributed by atoms with Crippen LogP contribution in [-0.4, -0.2) is 41.7 Å². The van der Waals surface area contributed by atoms with Crippen LogP contribution >= 0.6 is 0 Å². The molecule has 2 aliphatic heterocycles. The maximum absolute atomic E-state index is 13.7. The molecule has 4 rings (SSSR count). The van der Waals surface area contributed by atoms with Crippen LogP contribution in [0.3, 0.4) is 0 Å². The van der Waals surface area contributed by atoms with Crippen molar-refractivity contribution in [3.05, 3.63) is 35.5 Å². The van der Waals surface area contributed by atoms with Crippen LogP contribution in [0.1, 0.15) is 43.9 Å². The van der Waals surface area contributed by atoms with Crippen molar-refractivity contribution in [2.45, 2.75) is 45.0 Å². The number of nitrogens with zero attached hydrogens (tertiary/aromatic N) is 3. The van der Waals surface area contributed by atoms with Crippen LogP contribution < -0.4 is 15.5 Å². The number of rotatable bonds is 4. The third-order valence-electron chi connectivity index (χ3n) is 5.44. The Kier molecular flexibility index (Phi) is 5.74. The van der Waals surface area contributed by atoms with Gasteiger partial charge in [-0.2, -0.15) is 13.2 Å². The molecule has 7 nitrogen and oxygen atoms in total. The van der Waals surface area contributed by atoms with Crippen molar-refractivity contribution >= 4 is 17.7 Å². The summed E-state index contributed by atoms with van der Waals surface area (Å²) in [4.78, 5) is 22.5. The molecule has 2 atom stereocenters. The molecule has 2 aromatic rings. The molecule has 0 saturated carbocycles. The Bertz CT molecular complexity index is 982. The Labute approximate surface area is 178 Å². The van der Waals surface area contributed by atoms with E-state index in [2.05, 4.69) is 20.6 Å². The number of anilines is 2. The van der Waals surface area contributed by atoms with Crippen molar-refractivity contribution in [2.75, 3.05) is 29.9 Å². The first-order valence-corrected chi connectivity index (χ1v) is 10.3. The summed E-state index contributed by atoms with van der Waals surface area (Å²) in [7, 11) is 0. The lowest BCUT2D eigenvalue weighted by Crippen LogP contribution is -2.49. The molecule has 0 aliphatic carbocycles. The zero-order valence-corrected chi connectivity index (χ0v) is 17.3. The Balaban J connectivity index is 1.85. The fraction of sp³-hybridized carbons (Fsp3) is 0.476. The van der Waals surface area contributed by atoms with Gasteiger partial charge >= 0.3 is 12.3 Å². The number of pyridine rings is 2. The predicted molar refractivity (Wildman–Crippen MR) is 110 cm³/mol. The van der Waals surface area contributed by atoms with E-state index in [0.717, 1.165) is 18.6 Å². The van der Waals surface area contributed by atoms with E-state index in [4.69, 9.17) is 4.74 Å². The molecule has 1 saturated heterocycles. The smallest absolute Gasteiger partial charge is 0.416 e. The van der Waals surface area contributed by atoms with Crippen LogP contribution in [-0.2, 0) is 10.9 Å². The van der Waals surface area contributed by atoms with E-state index in [1.807, 2.05) is 18.7 Å². The number of aromatic nitrogens is 2. The van der Waals surface area contributed by atoms with Gasteiger partial charge in [0.25, 0.3) is 0 Å². The molecule has 0 spiro atoms. The van der Waals surface area contributed by atoms with Crippen molar-refractivity contribution in [2.24, 2.45) is 0 Å². The highest BCUT2D eigenvalue weighted by Gasteiger charge is 2.35. The van der Waals surface area contributed by atoms with Crippen molar-refractivity contribution in [3.8, 4) is 11.3 Å². The first kappa shape index (κ1) is 21.4. The van der Waals surface area contributed by atoms with E-state index in [1.54, 1.807) is 6.07 Å². The van der Waals surface area contributed by atoms with Gasteiger partial charge in [0.05, 0.1) is 11.3 Å². The van der Waals surface area contributed by atoms with Crippen molar-refractivity contribution < 1.29 is 22.7 Å². The molecule has 166 valence electrons. The number of hydrogen-bond acceptors (Lipinski definition) is 6. The van der Waals surface area contributed by atoms with Crippen LogP contribution in [0, 0.1) is 0 Å². The zero-order valence-electron chi connectivity index (χ0n) is 17.3. The highest BCUT2D eigenvalue weighted by atomic mass is 19.4. The van der Waals surface area contributed by atoms with Crippen molar-refractivity contribution in [1.29, 1.82) is 0 Å². The summed E-state index contributed by atoms with van der Waals surface area (Å²) in [5, 5.41) is 5.83. The van der Waals surface area contributed by atoms with Gasteiger partial charge in [0, 0.05) is 43.0 Å². The van der Waals surface area contributed by atoms with Gasteiger partial charge in [-0.1, -0.05) is 13.3 Å². The normalized spacial score (nSPS) is 21.3. The molecule has 4 heterocycles. The molecule has 2 aliphatic rings. The molecule has 0 unspecified atom stereocenters. The van der Waals surface area contributed by atoms with E-state index in [9.17, 15) is 18.0 Å². The van der Waals surface area contributed by atoms with E-state index in [-0.39, 0.29) is 17.6 Å².